The van der Waals surface area contributed by atoms with Crippen LogP contribution in [0.3, 0.4) is 0 Å². The standard InChI is InChI=1S/C15H22O3/c1-9(2)13(15(16)17)8-12-6-7-14(18-5)11(4)10(12)3/h6-7,9,13H,8H2,1-5H3,(H,16,17). The minimum Gasteiger partial charge on any atom is -0.496 e. The molecule has 0 aliphatic rings. The van der Waals surface area contributed by atoms with E-state index in [-0.39, 0.29) is 11.8 Å². The predicted octanol–water partition coefficient (Wildman–Crippen LogP) is 3.21. The largest absolute Gasteiger partial charge is 0.496 e. The molecule has 0 aliphatic carbocycles. The molecule has 0 spiro atoms. The maximum absolute atomic E-state index is 11.2. The first-order valence-electron chi connectivity index (χ1n) is 6.24. The summed E-state index contributed by atoms with van der Waals surface area (Å²) in [5, 5.41) is 9.24. The topological polar surface area (TPSA) is 46.5 Å². The SMILES string of the molecule is COc1ccc(CC(C(=O)O)C(C)C)c(C)c1C. The van der Waals surface area contributed by atoms with Crippen LogP contribution in [0.1, 0.15) is 30.5 Å². The summed E-state index contributed by atoms with van der Waals surface area (Å²) in [7, 11) is 1.65. The van der Waals surface area contributed by atoms with Gasteiger partial charge in [-0.1, -0.05) is 19.9 Å². The number of hydrogen-bond acceptors (Lipinski definition) is 2. The van der Waals surface area contributed by atoms with E-state index in [4.69, 9.17) is 4.74 Å². The number of rotatable bonds is 5. The fraction of sp³-hybridized carbons (Fsp3) is 0.533. The molecule has 0 saturated heterocycles. The summed E-state index contributed by atoms with van der Waals surface area (Å²) >= 11 is 0. The summed E-state index contributed by atoms with van der Waals surface area (Å²) < 4.78 is 5.26. The Labute approximate surface area is 109 Å². The highest BCUT2D eigenvalue weighted by molar-refractivity contribution is 5.70. The van der Waals surface area contributed by atoms with E-state index >= 15 is 0 Å². The molecule has 1 N–H and O–H groups in total. The van der Waals surface area contributed by atoms with Crippen LogP contribution in [-0.2, 0) is 11.2 Å². The van der Waals surface area contributed by atoms with Crippen molar-refractivity contribution in [3.05, 3.63) is 28.8 Å². The van der Waals surface area contributed by atoms with Crippen LogP contribution in [0.4, 0.5) is 0 Å². The Morgan fingerprint density at radius 3 is 2.33 bits per heavy atom. The number of ether oxygens (including phenoxy) is 1. The van der Waals surface area contributed by atoms with Crippen molar-refractivity contribution in [2.24, 2.45) is 11.8 Å². The number of aliphatic carboxylic acids is 1. The second-order valence-corrected chi connectivity index (χ2v) is 5.07. The summed E-state index contributed by atoms with van der Waals surface area (Å²) in [5.74, 6) is -0.0775. The first-order chi connectivity index (χ1) is 8.38. The number of hydrogen-bond donors (Lipinski definition) is 1. The first-order valence-corrected chi connectivity index (χ1v) is 6.24. The second-order valence-electron chi connectivity index (χ2n) is 5.07. The van der Waals surface area contributed by atoms with Gasteiger partial charge in [-0.15, -0.1) is 0 Å². The van der Waals surface area contributed by atoms with Gasteiger partial charge in [0.1, 0.15) is 5.75 Å². The Morgan fingerprint density at radius 2 is 1.89 bits per heavy atom. The van der Waals surface area contributed by atoms with Gasteiger partial charge >= 0.3 is 5.97 Å². The quantitative estimate of drug-likeness (QED) is 0.872. The normalized spacial score (nSPS) is 12.6. The lowest BCUT2D eigenvalue weighted by molar-refractivity contribution is -0.143. The molecule has 1 rings (SSSR count). The van der Waals surface area contributed by atoms with E-state index in [1.165, 1.54) is 0 Å². The molecule has 0 amide bonds. The van der Waals surface area contributed by atoms with Gasteiger partial charge in [0.05, 0.1) is 13.0 Å². The van der Waals surface area contributed by atoms with Crippen LogP contribution < -0.4 is 4.74 Å². The van der Waals surface area contributed by atoms with Crippen molar-refractivity contribution < 1.29 is 14.6 Å². The molecule has 0 saturated carbocycles. The Balaban J connectivity index is 3.04. The number of benzene rings is 1. The lowest BCUT2D eigenvalue weighted by Crippen LogP contribution is -2.22. The van der Waals surface area contributed by atoms with E-state index < -0.39 is 5.97 Å². The lowest BCUT2D eigenvalue weighted by Gasteiger charge is -2.19. The van der Waals surface area contributed by atoms with Crippen molar-refractivity contribution in [3.8, 4) is 5.75 Å². The molecule has 100 valence electrons. The minimum atomic E-state index is -0.724. The molecule has 0 radical (unpaired) electrons. The highest BCUT2D eigenvalue weighted by atomic mass is 16.5. The van der Waals surface area contributed by atoms with Gasteiger partial charge in [-0.3, -0.25) is 4.79 Å². The fourth-order valence-electron chi connectivity index (χ4n) is 2.14. The number of carboxylic acids is 1. The van der Waals surface area contributed by atoms with Gasteiger partial charge in [-0.2, -0.15) is 0 Å². The number of methoxy groups -OCH3 is 1. The average molecular weight is 250 g/mol. The van der Waals surface area contributed by atoms with Gasteiger partial charge in [0.15, 0.2) is 0 Å². The van der Waals surface area contributed by atoms with Crippen molar-refractivity contribution in [1.29, 1.82) is 0 Å². The zero-order valence-corrected chi connectivity index (χ0v) is 11.8. The molecule has 3 heteroatoms. The molecule has 0 fully saturated rings. The van der Waals surface area contributed by atoms with Crippen LogP contribution in [0.15, 0.2) is 12.1 Å². The zero-order chi connectivity index (χ0) is 13.9. The molecule has 0 heterocycles. The smallest absolute Gasteiger partial charge is 0.307 e. The number of carboxylic acid groups (broad SMARTS) is 1. The Hall–Kier alpha value is -1.51. The molecular formula is C15H22O3. The Morgan fingerprint density at radius 1 is 1.28 bits per heavy atom. The molecule has 1 unspecified atom stereocenters. The van der Waals surface area contributed by atoms with E-state index in [1.807, 2.05) is 39.8 Å². The van der Waals surface area contributed by atoms with Crippen LogP contribution >= 0.6 is 0 Å². The highest BCUT2D eigenvalue weighted by Crippen LogP contribution is 2.27. The fourth-order valence-corrected chi connectivity index (χ4v) is 2.14. The summed E-state index contributed by atoms with van der Waals surface area (Å²) in [6.45, 7) is 7.92. The van der Waals surface area contributed by atoms with Crippen LogP contribution in [0.25, 0.3) is 0 Å². The third kappa shape index (κ3) is 3.03. The van der Waals surface area contributed by atoms with Crippen LogP contribution in [0.2, 0.25) is 0 Å². The maximum Gasteiger partial charge on any atom is 0.307 e. The van der Waals surface area contributed by atoms with Gasteiger partial charge < -0.3 is 9.84 Å². The van der Waals surface area contributed by atoms with Crippen molar-refractivity contribution >= 4 is 5.97 Å². The Kier molecular flexibility index (Phi) is 4.76. The Bertz CT molecular complexity index is 436. The van der Waals surface area contributed by atoms with Crippen LogP contribution in [0, 0.1) is 25.7 Å². The third-order valence-corrected chi connectivity index (χ3v) is 3.63. The van der Waals surface area contributed by atoms with Gasteiger partial charge in [0.2, 0.25) is 0 Å². The van der Waals surface area contributed by atoms with Gasteiger partial charge in [0.25, 0.3) is 0 Å². The van der Waals surface area contributed by atoms with Crippen molar-refractivity contribution in [1.82, 2.24) is 0 Å². The van der Waals surface area contributed by atoms with Gasteiger partial charge in [0, 0.05) is 0 Å². The molecule has 1 atom stereocenters. The molecule has 1 aromatic rings. The van der Waals surface area contributed by atoms with E-state index in [0.29, 0.717) is 6.42 Å². The summed E-state index contributed by atoms with van der Waals surface area (Å²) in [5.41, 5.74) is 3.30. The van der Waals surface area contributed by atoms with Crippen LogP contribution in [0.5, 0.6) is 5.75 Å². The zero-order valence-electron chi connectivity index (χ0n) is 11.8. The summed E-state index contributed by atoms with van der Waals surface area (Å²) in [4.78, 5) is 11.2. The molecule has 0 aliphatic heterocycles. The van der Waals surface area contributed by atoms with E-state index in [0.717, 1.165) is 22.4 Å². The average Bonchev–Trinajstić information content (AvgIpc) is 2.30. The monoisotopic (exact) mass is 250 g/mol. The van der Waals surface area contributed by atoms with E-state index in [2.05, 4.69) is 0 Å². The van der Waals surface area contributed by atoms with Gasteiger partial charge in [-0.25, -0.2) is 0 Å². The number of carbonyl (C=O) groups is 1. The van der Waals surface area contributed by atoms with E-state index in [1.54, 1.807) is 7.11 Å². The first kappa shape index (κ1) is 14.6. The van der Waals surface area contributed by atoms with E-state index in [9.17, 15) is 9.90 Å². The third-order valence-electron chi connectivity index (χ3n) is 3.63. The van der Waals surface area contributed by atoms with Crippen molar-refractivity contribution in [3.63, 3.8) is 0 Å². The van der Waals surface area contributed by atoms with Crippen molar-refractivity contribution in [2.45, 2.75) is 34.1 Å². The van der Waals surface area contributed by atoms with Gasteiger partial charge in [-0.05, 0) is 48.9 Å². The molecule has 3 nitrogen and oxygen atoms in total. The predicted molar refractivity (Wildman–Crippen MR) is 72.1 cm³/mol. The molecular weight excluding hydrogens is 228 g/mol. The molecule has 18 heavy (non-hydrogen) atoms. The molecule has 1 aromatic carbocycles. The molecule has 0 bridgehead atoms. The second kappa shape index (κ2) is 5.89. The molecule has 0 aromatic heterocycles. The summed E-state index contributed by atoms with van der Waals surface area (Å²) in [6.07, 6.45) is 0.573. The lowest BCUT2D eigenvalue weighted by atomic mass is 9.87. The summed E-state index contributed by atoms with van der Waals surface area (Å²) in [6, 6.07) is 3.89. The van der Waals surface area contributed by atoms with Crippen LogP contribution in [-0.4, -0.2) is 18.2 Å². The van der Waals surface area contributed by atoms with Crippen molar-refractivity contribution in [2.75, 3.05) is 7.11 Å². The minimum absolute atomic E-state index is 0.129. The highest BCUT2D eigenvalue weighted by Gasteiger charge is 2.23. The maximum atomic E-state index is 11.2.